The second kappa shape index (κ2) is 7.53. The Morgan fingerprint density at radius 2 is 2.12 bits per heavy atom. The molecule has 0 saturated carbocycles. The highest BCUT2D eigenvalue weighted by Crippen LogP contribution is 2.25. The van der Waals surface area contributed by atoms with E-state index in [1.54, 1.807) is 4.90 Å². The lowest BCUT2D eigenvalue weighted by molar-refractivity contribution is -0.0229. The van der Waals surface area contributed by atoms with Gasteiger partial charge in [-0.15, -0.1) is 0 Å². The maximum absolute atomic E-state index is 12.8. The number of nitrogens with zero attached hydrogens (tertiary/aromatic N) is 1. The van der Waals surface area contributed by atoms with Gasteiger partial charge in [0.15, 0.2) is 0 Å². The number of rotatable bonds is 4. The molecule has 1 aromatic heterocycles. The number of carbonyl (C=O) groups excluding carboxylic acids is 1. The lowest BCUT2D eigenvalue weighted by atomic mass is 10.0. The first-order valence-electron chi connectivity index (χ1n) is 8.38. The number of H-pyrrole nitrogens is 1. The van der Waals surface area contributed by atoms with Crippen molar-refractivity contribution in [3.05, 3.63) is 63.6 Å². The van der Waals surface area contributed by atoms with Crippen molar-refractivity contribution in [2.75, 3.05) is 26.8 Å². The van der Waals surface area contributed by atoms with Crippen LogP contribution in [-0.4, -0.2) is 42.6 Å². The minimum atomic E-state index is -0.302. The summed E-state index contributed by atoms with van der Waals surface area (Å²) in [7, 11) is 1.45. The third-order valence-corrected chi connectivity index (χ3v) is 4.45. The zero-order chi connectivity index (χ0) is 17.8. The van der Waals surface area contributed by atoms with Crippen molar-refractivity contribution < 1.29 is 14.3 Å². The molecule has 2 heterocycles. The number of ether oxygens (including phenoxy) is 2. The van der Waals surface area contributed by atoms with E-state index in [4.69, 9.17) is 9.47 Å². The highest BCUT2D eigenvalue weighted by molar-refractivity contribution is 5.96. The average molecular weight is 342 g/mol. The third-order valence-electron chi connectivity index (χ3n) is 4.45. The van der Waals surface area contributed by atoms with Gasteiger partial charge in [-0.1, -0.05) is 31.2 Å². The Labute approximate surface area is 146 Å². The van der Waals surface area contributed by atoms with E-state index < -0.39 is 0 Å². The second-order valence-corrected chi connectivity index (χ2v) is 5.99. The van der Waals surface area contributed by atoms with Gasteiger partial charge in [0, 0.05) is 18.8 Å². The maximum atomic E-state index is 12.8. The highest BCUT2D eigenvalue weighted by Gasteiger charge is 2.27. The van der Waals surface area contributed by atoms with Crippen LogP contribution in [0.3, 0.4) is 0 Å². The van der Waals surface area contributed by atoms with Crippen molar-refractivity contribution in [1.82, 2.24) is 9.88 Å². The number of hydrogen-bond acceptors (Lipinski definition) is 4. The molecular weight excluding hydrogens is 320 g/mol. The molecule has 1 saturated heterocycles. The minimum absolute atomic E-state index is 0.155. The van der Waals surface area contributed by atoms with E-state index in [1.165, 1.54) is 24.9 Å². The molecule has 0 aliphatic carbocycles. The van der Waals surface area contributed by atoms with E-state index in [-0.39, 0.29) is 23.3 Å². The predicted molar refractivity (Wildman–Crippen MR) is 94.0 cm³/mol. The third kappa shape index (κ3) is 3.74. The van der Waals surface area contributed by atoms with Crippen LogP contribution in [0.1, 0.15) is 34.5 Å². The molecule has 3 rings (SSSR count). The van der Waals surface area contributed by atoms with Crippen LogP contribution >= 0.6 is 0 Å². The monoisotopic (exact) mass is 342 g/mol. The van der Waals surface area contributed by atoms with Crippen molar-refractivity contribution >= 4 is 5.91 Å². The summed E-state index contributed by atoms with van der Waals surface area (Å²) in [5.41, 5.74) is 2.38. The summed E-state index contributed by atoms with van der Waals surface area (Å²) in [6.07, 6.45) is 2.24. The van der Waals surface area contributed by atoms with E-state index in [2.05, 4.69) is 36.2 Å². The fourth-order valence-corrected chi connectivity index (χ4v) is 2.96. The molecule has 6 nitrogen and oxygen atoms in total. The molecule has 1 atom stereocenters. The standard InChI is InChI=1S/C19H22N2O4/c1-3-13-4-6-14(7-5-13)17-12-21(8-9-25-17)19(23)15-11-20-18(22)10-16(15)24-2/h4-7,10-11,17H,3,8-9,12H2,1-2H3,(H,20,22)/t17-/m0/s1. The van der Waals surface area contributed by atoms with E-state index in [0.717, 1.165) is 12.0 Å². The molecule has 0 unspecified atom stereocenters. The summed E-state index contributed by atoms with van der Waals surface area (Å²) in [4.78, 5) is 28.5. The number of benzene rings is 1. The van der Waals surface area contributed by atoms with Gasteiger partial charge >= 0.3 is 0 Å². The number of morpholine rings is 1. The molecule has 0 bridgehead atoms. The maximum Gasteiger partial charge on any atom is 0.259 e. The fourth-order valence-electron chi connectivity index (χ4n) is 2.96. The molecule has 132 valence electrons. The minimum Gasteiger partial charge on any atom is -0.496 e. The molecule has 1 N–H and O–H groups in total. The largest absolute Gasteiger partial charge is 0.496 e. The molecule has 1 aliphatic heterocycles. The van der Waals surface area contributed by atoms with Gasteiger partial charge in [-0.25, -0.2) is 0 Å². The second-order valence-electron chi connectivity index (χ2n) is 5.99. The van der Waals surface area contributed by atoms with Crippen molar-refractivity contribution in [1.29, 1.82) is 0 Å². The van der Waals surface area contributed by atoms with Crippen LogP contribution in [0.4, 0.5) is 0 Å². The van der Waals surface area contributed by atoms with Crippen LogP contribution in [0.25, 0.3) is 0 Å². The van der Waals surface area contributed by atoms with Crippen LogP contribution in [0, 0.1) is 0 Å². The summed E-state index contributed by atoms with van der Waals surface area (Å²) in [6.45, 7) is 3.55. The van der Waals surface area contributed by atoms with E-state index in [9.17, 15) is 9.59 Å². The van der Waals surface area contributed by atoms with Crippen LogP contribution in [0.15, 0.2) is 41.3 Å². The number of nitrogens with one attached hydrogen (secondary N) is 1. The van der Waals surface area contributed by atoms with Gasteiger partial charge in [0.1, 0.15) is 11.9 Å². The summed E-state index contributed by atoms with van der Waals surface area (Å²) < 4.78 is 11.0. The Kier molecular flexibility index (Phi) is 5.19. The van der Waals surface area contributed by atoms with Gasteiger partial charge in [0.2, 0.25) is 0 Å². The Bertz CT molecular complexity index is 798. The summed E-state index contributed by atoms with van der Waals surface area (Å²) in [5, 5.41) is 0. The zero-order valence-electron chi connectivity index (χ0n) is 14.5. The fraction of sp³-hybridized carbons (Fsp3) is 0.368. The first kappa shape index (κ1) is 17.2. The SMILES string of the molecule is CCc1ccc([C@@H]2CN(C(=O)c3c[nH]c(=O)cc3OC)CCO2)cc1. The quantitative estimate of drug-likeness (QED) is 0.924. The van der Waals surface area contributed by atoms with Gasteiger partial charge in [0.25, 0.3) is 11.5 Å². The first-order chi connectivity index (χ1) is 12.1. The highest BCUT2D eigenvalue weighted by atomic mass is 16.5. The molecule has 1 aliphatic rings. The normalized spacial score (nSPS) is 17.4. The lowest BCUT2D eigenvalue weighted by Crippen LogP contribution is -2.42. The van der Waals surface area contributed by atoms with E-state index in [0.29, 0.717) is 25.3 Å². The van der Waals surface area contributed by atoms with E-state index in [1.807, 2.05) is 0 Å². The van der Waals surface area contributed by atoms with Gasteiger partial charge in [-0.3, -0.25) is 9.59 Å². The first-order valence-corrected chi connectivity index (χ1v) is 8.38. The summed E-state index contributed by atoms with van der Waals surface area (Å²) >= 11 is 0. The molecule has 1 fully saturated rings. The lowest BCUT2D eigenvalue weighted by Gasteiger charge is -2.33. The Morgan fingerprint density at radius 3 is 2.80 bits per heavy atom. The Morgan fingerprint density at radius 1 is 1.36 bits per heavy atom. The molecular formula is C19H22N2O4. The van der Waals surface area contributed by atoms with Crippen molar-refractivity contribution in [2.24, 2.45) is 0 Å². The van der Waals surface area contributed by atoms with Crippen LogP contribution in [0.2, 0.25) is 0 Å². The smallest absolute Gasteiger partial charge is 0.259 e. The molecule has 0 radical (unpaired) electrons. The zero-order valence-corrected chi connectivity index (χ0v) is 14.5. The molecule has 2 aromatic rings. The number of aromatic nitrogens is 1. The summed E-state index contributed by atoms with van der Waals surface area (Å²) in [5.74, 6) is 0.107. The number of carbonyl (C=O) groups is 1. The molecule has 1 amide bonds. The number of aryl methyl sites for hydroxylation is 1. The molecule has 25 heavy (non-hydrogen) atoms. The van der Waals surface area contributed by atoms with Gasteiger partial charge in [0.05, 0.1) is 25.8 Å². The molecule has 1 aromatic carbocycles. The average Bonchev–Trinajstić information content (AvgIpc) is 2.67. The number of amides is 1. The topological polar surface area (TPSA) is 71.6 Å². The summed E-state index contributed by atoms with van der Waals surface area (Å²) in [6, 6.07) is 9.57. The number of aromatic amines is 1. The predicted octanol–water partition coefficient (Wildman–Crippen LogP) is 2.16. The number of methoxy groups -OCH3 is 1. The van der Waals surface area contributed by atoms with Crippen LogP contribution < -0.4 is 10.3 Å². The van der Waals surface area contributed by atoms with Crippen molar-refractivity contribution in [3.63, 3.8) is 0 Å². The van der Waals surface area contributed by atoms with Crippen molar-refractivity contribution in [3.8, 4) is 5.75 Å². The number of pyridine rings is 1. The van der Waals surface area contributed by atoms with Gasteiger partial charge in [-0.05, 0) is 17.5 Å². The molecule has 6 heteroatoms. The van der Waals surface area contributed by atoms with Crippen LogP contribution in [-0.2, 0) is 11.2 Å². The van der Waals surface area contributed by atoms with Gasteiger partial charge in [-0.2, -0.15) is 0 Å². The molecule has 0 spiro atoms. The van der Waals surface area contributed by atoms with Crippen molar-refractivity contribution in [2.45, 2.75) is 19.4 Å². The van der Waals surface area contributed by atoms with Gasteiger partial charge < -0.3 is 19.4 Å². The van der Waals surface area contributed by atoms with E-state index >= 15 is 0 Å². The number of hydrogen-bond donors (Lipinski definition) is 1. The Hall–Kier alpha value is -2.60. The van der Waals surface area contributed by atoms with Crippen LogP contribution in [0.5, 0.6) is 5.75 Å². The Balaban J connectivity index is 1.78.